The lowest BCUT2D eigenvalue weighted by molar-refractivity contribution is -0.120. The van der Waals surface area contributed by atoms with E-state index in [0.29, 0.717) is 18.5 Å². The first-order valence-electron chi connectivity index (χ1n) is 5.66. The van der Waals surface area contributed by atoms with E-state index in [4.69, 9.17) is 5.73 Å². The summed E-state index contributed by atoms with van der Waals surface area (Å²) in [7, 11) is -3.03. The number of para-hydroxylation sites is 1. The molecular formula is C12H18N2O3S. The predicted octanol–water partition coefficient (Wildman–Crippen LogP) is 0.362. The van der Waals surface area contributed by atoms with Crippen LogP contribution >= 0.6 is 0 Å². The number of carbonyl (C=O) groups is 1. The number of benzene rings is 1. The van der Waals surface area contributed by atoms with Crippen LogP contribution in [0.3, 0.4) is 0 Å². The molecule has 100 valence electrons. The number of amides is 1. The molecule has 0 aliphatic rings. The highest BCUT2D eigenvalue weighted by atomic mass is 32.2. The van der Waals surface area contributed by atoms with E-state index in [2.05, 4.69) is 5.32 Å². The molecule has 0 atom stereocenters. The summed E-state index contributed by atoms with van der Waals surface area (Å²) < 4.78 is 21.7. The molecular weight excluding hydrogens is 252 g/mol. The van der Waals surface area contributed by atoms with Crippen molar-refractivity contribution >= 4 is 21.4 Å². The smallest absolute Gasteiger partial charge is 0.220 e. The molecule has 0 bridgehead atoms. The van der Waals surface area contributed by atoms with Gasteiger partial charge in [-0.15, -0.1) is 0 Å². The number of nitrogen functional groups attached to an aromatic ring is 1. The van der Waals surface area contributed by atoms with Gasteiger partial charge in [0.15, 0.2) is 0 Å². The van der Waals surface area contributed by atoms with Gasteiger partial charge < -0.3 is 11.1 Å². The highest BCUT2D eigenvalue weighted by Gasteiger charge is 2.06. The fourth-order valence-electron chi connectivity index (χ4n) is 1.47. The van der Waals surface area contributed by atoms with Gasteiger partial charge in [0.2, 0.25) is 5.91 Å². The van der Waals surface area contributed by atoms with Crippen LogP contribution in [0.25, 0.3) is 0 Å². The molecule has 6 heteroatoms. The summed E-state index contributed by atoms with van der Waals surface area (Å²) in [5, 5.41) is 2.57. The zero-order chi connectivity index (χ0) is 13.6. The van der Waals surface area contributed by atoms with Crippen molar-refractivity contribution in [3.63, 3.8) is 0 Å². The number of hydrogen-bond acceptors (Lipinski definition) is 4. The monoisotopic (exact) mass is 270 g/mol. The van der Waals surface area contributed by atoms with Crippen molar-refractivity contribution in [2.45, 2.75) is 12.8 Å². The molecule has 1 amide bonds. The number of aryl methyl sites for hydroxylation is 1. The number of anilines is 1. The van der Waals surface area contributed by atoms with Crippen LogP contribution in [0.5, 0.6) is 0 Å². The third kappa shape index (κ3) is 5.67. The van der Waals surface area contributed by atoms with Crippen molar-refractivity contribution in [2.24, 2.45) is 0 Å². The number of nitrogens with one attached hydrogen (secondary N) is 1. The van der Waals surface area contributed by atoms with E-state index in [1.54, 1.807) is 6.07 Å². The Morgan fingerprint density at radius 2 is 2.00 bits per heavy atom. The Kier molecular flexibility index (Phi) is 5.15. The van der Waals surface area contributed by atoms with E-state index in [9.17, 15) is 13.2 Å². The van der Waals surface area contributed by atoms with Gasteiger partial charge in [0.25, 0.3) is 0 Å². The van der Waals surface area contributed by atoms with E-state index in [1.807, 2.05) is 18.2 Å². The average Bonchev–Trinajstić information content (AvgIpc) is 2.26. The third-order valence-corrected chi connectivity index (χ3v) is 3.42. The molecule has 0 aromatic heterocycles. The molecule has 0 saturated heterocycles. The summed E-state index contributed by atoms with van der Waals surface area (Å²) in [5.41, 5.74) is 7.35. The van der Waals surface area contributed by atoms with Gasteiger partial charge in [0, 0.05) is 24.9 Å². The summed E-state index contributed by atoms with van der Waals surface area (Å²) in [5.74, 6) is -0.200. The molecule has 1 aromatic rings. The largest absolute Gasteiger partial charge is 0.399 e. The molecule has 0 radical (unpaired) electrons. The molecule has 1 aromatic carbocycles. The maximum atomic E-state index is 11.5. The zero-order valence-electron chi connectivity index (χ0n) is 10.3. The quantitative estimate of drug-likeness (QED) is 0.730. The topological polar surface area (TPSA) is 89.3 Å². The molecule has 0 heterocycles. The Bertz CT molecular complexity index is 512. The molecule has 1 rings (SSSR count). The van der Waals surface area contributed by atoms with Gasteiger partial charge >= 0.3 is 0 Å². The maximum Gasteiger partial charge on any atom is 0.220 e. The molecule has 0 fully saturated rings. The Hall–Kier alpha value is -1.56. The number of sulfone groups is 1. The second-order valence-electron chi connectivity index (χ2n) is 4.18. The van der Waals surface area contributed by atoms with Gasteiger partial charge in [-0.05, 0) is 18.1 Å². The van der Waals surface area contributed by atoms with Crippen LogP contribution in [0.15, 0.2) is 24.3 Å². The summed E-state index contributed by atoms with van der Waals surface area (Å²) in [4.78, 5) is 11.5. The average molecular weight is 270 g/mol. The van der Waals surface area contributed by atoms with E-state index >= 15 is 0 Å². The highest BCUT2D eigenvalue weighted by Crippen LogP contribution is 2.12. The zero-order valence-corrected chi connectivity index (χ0v) is 11.2. The summed E-state index contributed by atoms with van der Waals surface area (Å²) in [6.45, 7) is 0.155. The van der Waals surface area contributed by atoms with Gasteiger partial charge in [-0.1, -0.05) is 18.2 Å². The number of nitrogens with two attached hydrogens (primary N) is 1. The second-order valence-corrected chi connectivity index (χ2v) is 6.44. The maximum absolute atomic E-state index is 11.5. The fourth-order valence-corrected chi connectivity index (χ4v) is 1.95. The number of carbonyl (C=O) groups excluding carboxylic acids is 1. The van der Waals surface area contributed by atoms with E-state index < -0.39 is 9.84 Å². The first kappa shape index (κ1) is 14.5. The van der Waals surface area contributed by atoms with Crippen molar-refractivity contribution < 1.29 is 13.2 Å². The Morgan fingerprint density at radius 1 is 1.33 bits per heavy atom. The minimum atomic E-state index is -3.03. The fraction of sp³-hybridized carbons (Fsp3) is 0.417. The number of rotatable bonds is 6. The van der Waals surface area contributed by atoms with Crippen molar-refractivity contribution in [3.8, 4) is 0 Å². The standard InChI is InChI=1S/C12H18N2O3S/c1-18(16,17)9-8-14-12(15)7-6-10-4-2-3-5-11(10)13/h2-5H,6-9,13H2,1H3,(H,14,15). The minimum absolute atomic E-state index is 0.0355. The van der Waals surface area contributed by atoms with Crippen LogP contribution in [0.4, 0.5) is 5.69 Å². The Balaban J connectivity index is 2.32. The first-order valence-corrected chi connectivity index (χ1v) is 7.72. The second kappa shape index (κ2) is 6.39. The summed E-state index contributed by atoms with van der Waals surface area (Å²) in [6, 6.07) is 7.37. The van der Waals surface area contributed by atoms with Crippen LogP contribution < -0.4 is 11.1 Å². The van der Waals surface area contributed by atoms with E-state index in [-0.39, 0.29) is 18.2 Å². The molecule has 18 heavy (non-hydrogen) atoms. The summed E-state index contributed by atoms with van der Waals surface area (Å²) >= 11 is 0. The molecule has 0 aliphatic carbocycles. The van der Waals surface area contributed by atoms with Crippen molar-refractivity contribution in [2.75, 3.05) is 24.3 Å². The van der Waals surface area contributed by atoms with Gasteiger partial charge in [-0.2, -0.15) is 0 Å². The van der Waals surface area contributed by atoms with Crippen LogP contribution in [-0.4, -0.2) is 32.9 Å². The molecule has 3 N–H and O–H groups in total. The third-order valence-electron chi connectivity index (χ3n) is 2.47. The van der Waals surface area contributed by atoms with Crippen molar-refractivity contribution in [1.82, 2.24) is 5.32 Å². The molecule has 0 saturated carbocycles. The van der Waals surface area contributed by atoms with Gasteiger partial charge in [-0.25, -0.2) is 8.42 Å². The van der Waals surface area contributed by atoms with Crippen LogP contribution in [-0.2, 0) is 21.1 Å². The molecule has 5 nitrogen and oxygen atoms in total. The van der Waals surface area contributed by atoms with Gasteiger partial charge in [-0.3, -0.25) is 4.79 Å². The molecule has 0 spiro atoms. The highest BCUT2D eigenvalue weighted by molar-refractivity contribution is 7.90. The van der Waals surface area contributed by atoms with Crippen LogP contribution in [0.2, 0.25) is 0 Å². The lowest BCUT2D eigenvalue weighted by atomic mass is 10.1. The van der Waals surface area contributed by atoms with E-state index in [1.165, 1.54) is 0 Å². The van der Waals surface area contributed by atoms with Crippen molar-refractivity contribution in [1.29, 1.82) is 0 Å². The predicted molar refractivity (Wildman–Crippen MR) is 71.9 cm³/mol. The van der Waals surface area contributed by atoms with Gasteiger partial charge in [0.1, 0.15) is 9.84 Å². The Morgan fingerprint density at radius 3 is 2.61 bits per heavy atom. The minimum Gasteiger partial charge on any atom is -0.399 e. The van der Waals surface area contributed by atoms with Crippen LogP contribution in [0.1, 0.15) is 12.0 Å². The lowest BCUT2D eigenvalue weighted by Gasteiger charge is -2.06. The van der Waals surface area contributed by atoms with Crippen LogP contribution in [0, 0.1) is 0 Å². The normalized spacial score (nSPS) is 11.2. The number of hydrogen-bond donors (Lipinski definition) is 2. The van der Waals surface area contributed by atoms with Crippen molar-refractivity contribution in [3.05, 3.63) is 29.8 Å². The van der Waals surface area contributed by atoms with E-state index in [0.717, 1.165) is 11.8 Å². The first-order chi connectivity index (χ1) is 8.38. The Labute approximate surface area is 107 Å². The lowest BCUT2D eigenvalue weighted by Crippen LogP contribution is -2.28. The molecule has 0 aliphatic heterocycles. The SMILES string of the molecule is CS(=O)(=O)CCNC(=O)CCc1ccccc1N. The van der Waals surface area contributed by atoms with Gasteiger partial charge in [0.05, 0.1) is 5.75 Å². The molecule has 0 unspecified atom stereocenters. The summed E-state index contributed by atoms with van der Waals surface area (Å²) in [6.07, 6.45) is 2.00.